The number of thiophene rings is 1. The molecule has 0 fully saturated rings. The van der Waals surface area contributed by atoms with Gasteiger partial charge in [-0.25, -0.2) is 4.79 Å². The molecule has 0 aliphatic rings. The number of amides is 2. The monoisotopic (exact) mass is 318 g/mol. The molecule has 2 aromatic rings. The first-order valence-electron chi connectivity index (χ1n) is 7.31. The predicted octanol–water partition coefficient (Wildman–Crippen LogP) is 4.25. The highest BCUT2D eigenvalue weighted by Gasteiger charge is 2.21. The molecule has 0 unspecified atom stereocenters. The van der Waals surface area contributed by atoms with Crippen LogP contribution in [-0.2, 0) is 5.41 Å². The van der Waals surface area contributed by atoms with E-state index < -0.39 is 0 Å². The van der Waals surface area contributed by atoms with Gasteiger partial charge in [0.1, 0.15) is 5.75 Å². The molecular formula is C17H22N2O2S. The second-order valence-corrected chi connectivity index (χ2v) is 6.44. The minimum absolute atomic E-state index is 0.0871. The zero-order valence-electron chi connectivity index (χ0n) is 13.2. The van der Waals surface area contributed by atoms with Crippen molar-refractivity contribution in [1.82, 2.24) is 5.32 Å². The van der Waals surface area contributed by atoms with Crippen LogP contribution in [0, 0.1) is 0 Å². The summed E-state index contributed by atoms with van der Waals surface area (Å²) in [6.07, 6.45) is 0. The van der Waals surface area contributed by atoms with Crippen LogP contribution in [-0.4, -0.2) is 19.2 Å². The number of anilines is 1. The maximum atomic E-state index is 12.0. The lowest BCUT2D eigenvalue weighted by Gasteiger charge is -2.24. The topological polar surface area (TPSA) is 50.4 Å². The van der Waals surface area contributed by atoms with Gasteiger partial charge in [0.15, 0.2) is 0 Å². The highest BCUT2D eigenvalue weighted by atomic mass is 32.1. The van der Waals surface area contributed by atoms with Crippen LogP contribution in [0.1, 0.15) is 26.3 Å². The Hall–Kier alpha value is -2.01. The summed E-state index contributed by atoms with van der Waals surface area (Å²) in [5, 5.41) is 9.92. The van der Waals surface area contributed by atoms with Crippen molar-refractivity contribution in [3.8, 4) is 5.75 Å². The molecule has 1 aromatic carbocycles. The van der Waals surface area contributed by atoms with Gasteiger partial charge in [-0.1, -0.05) is 13.8 Å². The number of urea groups is 1. The Balaban J connectivity index is 1.85. The minimum atomic E-state index is -0.201. The quantitative estimate of drug-likeness (QED) is 0.836. The second-order valence-electron chi connectivity index (χ2n) is 5.66. The molecule has 4 nitrogen and oxygen atoms in total. The molecule has 2 amide bonds. The van der Waals surface area contributed by atoms with Crippen LogP contribution in [0.15, 0.2) is 41.1 Å². The van der Waals surface area contributed by atoms with Gasteiger partial charge in [-0.2, -0.15) is 11.3 Å². The Morgan fingerprint density at radius 3 is 2.55 bits per heavy atom. The predicted molar refractivity (Wildman–Crippen MR) is 92.0 cm³/mol. The number of hydrogen-bond acceptors (Lipinski definition) is 3. The standard InChI is InChI=1S/C17H22N2O2S/c1-4-21-15-7-5-14(6-8-15)19-16(20)18-12-17(2,3)13-9-10-22-11-13/h5-11H,4,12H2,1-3H3,(H2,18,19,20). The van der Waals surface area contributed by atoms with E-state index in [1.54, 1.807) is 11.3 Å². The number of hydrogen-bond donors (Lipinski definition) is 2. The lowest BCUT2D eigenvalue weighted by Crippen LogP contribution is -2.38. The summed E-state index contributed by atoms with van der Waals surface area (Å²) in [5.41, 5.74) is 1.89. The van der Waals surface area contributed by atoms with E-state index in [1.807, 2.05) is 31.2 Å². The molecular weight excluding hydrogens is 296 g/mol. The maximum Gasteiger partial charge on any atom is 0.319 e. The first-order valence-corrected chi connectivity index (χ1v) is 8.26. The average Bonchev–Trinajstić information content (AvgIpc) is 3.03. The molecule has 0 bridgehead atoms. The molecule has 0 aliphatic heterocycles. The van der Waals surface area contributed by atoms with Gasteiger partial charge >= 0.3 is 6.03 Å². The van der Waals surface area contributed by atoms with E-state index >= 15 is 0 Å². The molecule has 0 atom stereocenters. The molecule has 0 saturated heterocycles. The molecule has 2 rings (SSSR count). The van der Waals surface area contributed by atoms with Crippen LogP contribution >= 0.6 is 11.3 Å². The number of carbonyl (C=O) groups is 1. The summed E-state index contributed by atoms with van der Waals surface area (Å²) in [6, 6.07) is 9.23. The van der Waals surface area contributed by atoms with E-state index in [0.717, 1.165) is 11.4 Å². The van der Waals surface area contributed by atoms with Gasteiger partial charge in [-0.3, -0.25) is 0 Å². The average molecular weight is 318 g/mol. The normalized spacial score (nSPS) is 11.0. The SMILES string of the molecule is CCOc1ccc(NC(=O)NCC(C)(C)c2ccsc2)cc1. The van der Waals surface area contributed by atoms with Crippen molar-refractivity contribution in [2.24, 2.45) is 0 Å². The van der Waals surface area contributed by atoms with E-state index in [0.29, 0.717) is 13.2 Å². The summed E-state index contributed by atoms with van der Waals surface area (Å²) in [6.45, 7) is 7.38. The van der Waals surface area contributed by atoms with Crippen molar-refractivity contribution in [3.05, 3.63) is 46.7 Å². The molecule has 1 heterocycles. The molecule has 0 saturated carbocycles. The zero-order valence-corrected chi connectivity index (χ0v) is 14.0. The van der Waals surface area contributed by atoms with Crippen LogP contribution in [0.4, 0.5) is 10.5 Å². The summed E-state index contributed by atoms with van der Waals surface area (Å²) in [4.78, 5) is 12.0. The van der Waals surface area contributed by atoms with E-state index in [-0.39, 0.29) is 11.4 Å². The summed E-state index contributed by atoms with van der Waals surface area (Å²) >= 11 is 1.67. The summed E-state index contributed by atoms with van der Waals surface area (Å²) < 4.78 is 5.37. The summed E-state index contributed by atoms with van der Waals surface area (Å²) in [5.74, 6) is 0.798. The van der Waals surface area contributed by atoms with Gasteiger partial charge in [0.2, 0.25) is 0 Å². The third-order valence-corrected chi connectivity index (χ3v) is 4.10. The van der Waals surface area contributed by atoms with Crippen molar-refractivity contribution in [1.29, 1.82) is 0 Å². The Morgan fingerprint density at radius 2 is 1.95 bits per heavy atom. The van der Waals surface area contributed by atoms with Crippen molar-refractivity contribution >= 4 is 23.1 Å². The largest absolute Gasteiger partial charge is 0.494 e. The molecule has 118 valence electrons. The van der Waals surface area contributed by atoms with Crippen LogP contribution in [0.2, 0.25) is 0 Å². The van der Waals surface area contributed by atoms with Crippen LogP contribution in [0.3, 0.4) is 0 Å². The molecule has 0 radical (unpaired) electrons. The fourth-order valence-electron chi connectivity index (χ4n) is 2.03. The minimum Gasteiger partial charge on any atom is -0.494 e. The fourth-order valence-corrected chi connectivity index (χ4v) is 2.88. The Morgan fingerprint density at radius 1 is 1.23 bits per heavy atom. The lowest BCUT2D eigenvalue weighted by atomic mass is 9.87. The van der Waals surface area contributed by atoms with Crippen molar-refractivity contribution in [2.75, 3.05) is 18.5 Å². The van der Waals surface area contributed by atoms with Crippen LogP contribution in [0.5, 0.6) is 5.75 Å². The fraction of sp³-hybridized carbons (Fsp3) is 0.353. The second kappa shape index (κ2) is 7.31. The smallest absolute Gasteiger partial charge is 0.319 e. The molecule has 0 spiro atoms. The number of nitrogens with one attached hydrogen (secondary N) is 2. The Bertz CT molecular complexity index is 592. The first-order chi connectivity index (χ1) is 10.5. The maximum absolute atomic E-state index is 12.0. The number of carbonyl (C=O) groups excluding carboxylic acids is 1. The van der Waals surface area contributed by atoms with Gasteiger partial charge in [-0.15, -0.1) is 0 Å². The van der Waals surface area contributed by atoms with Gasteiger partial charge in [0.25, 0.3) is 0 Å². The first kappa shape index (κ1) is 16.4. The van der Waals surface area contributed by atoms with E-state index in [4.69, 9.17) is 4.74 Å². The third-order valence-electron chi connectivity index (χ3n) is 3.42. The molecule has 5 heteroatoms. The van der Waals surface area contributed by atoms with Gasteiger partial charge in [0.05, 0.1) is 6.61 Å². The van der Waals surface area contributed by atoms with E-state index in [1.165, 1.54) is 5.56 Å². The van der Waals surface area contributed by atoms with Crippen LogP contribution in [0.25, 0.3) is 0 Å². The molecule has 0 aliphatic carbocycles. The molecule has 22 heavy (non-hydrogen) atoms. The number of ether oxygens (including phenoxy) is 1. The number of benzene rings is 1. The number of rotatable bonds is 6. The van der Waals surface area contributed by atoms with Crippen LogP contribution < -0.4 is 15.4 Å². The van der Waals surface area contributed by atoms with E-state index in [9.17, 15) is 4.79 Å². The van der Waals surface area contributed by atoms with Crippen molar-refractivity contribution in [2.45, 2.75) is 26.2 Å². The molecule has 1 aromatic heterocycles. The summed E-state index contributed by atoms with van der Waals surface area (Å²) in [7, 11) is 0. The highest BCUT2D eigenvalue weighted by Crippen LogP contribution is 2.24. The van der Waals surface area contributed by atoms with Gasteiger partial charge < -0.3 is 15.4 Å². The highest BCUT2D eigenvalue weighted by molar-refractivity contribution is 7.08. The zero-order chi connectivity index (χ0) is 16.0. The van der Waals surface area contributed by atoms with Crippen molar-refractivity contribution in [3.63, 3.8) is 0 Å². The molecule has 2 N–H and O–H groups in total. The van der Waals surface area contributed by atoms with Gasteiger partial charge in [0, 0.05) is 17.6 Å². The lowest BCUT2D eigenvalue weighted by molar-refractivity contribution is 0.249. The Kier molecular flexibility index (Phi) is 5.44. The van der Waals surface area contributed by atoms with Gasteiger partial charge in [-0.05, 0) is 53.6 Å². The van der Waals surface area contributed by atoms with Crippen molar-refractivity contribution < 1.29 is 9.53 Å². The third kappa shape index (κ3) is 4.49. The Labute approximate surface area is 135 Å². The van der Waals surface area contributed by atoms with E-state index in [2.05, 4.69) is 41.3 Å².